The van der Waals surface area contributed by atoms with Gasteiger partial charge in [-0.1, -0.05) is 23.7 Å². The number of alkyl halides is 1. The molecule has 0 saturated heterocycles. The van der Waals surface area contributed by atoms with Crippen molar-refractivity contribution in [1.82, 2.24) is 0 Å². The maximum atomic E-state index is 13.5. The van der Waals surface area contributed by atoms with E-state index in [1.54, 1.807) is 18.2 Å². The van der Waals surface area contributed by atoms with E-state index in [1.165, 1.54) is 18.2 Å². The number of hydrogen-bond donors (Lipinski definition) is 0. The Hall–Kier alpha value is -0.640. The second-order valence-electron chi connectivity index (χ2n) is 4.05. The minimum Gasteiger partial charge on any atom is -0.207 e. The molecule has 0 spiro atoms. The van der Waals surface area contributed by atoms with Crippen molar-refractivity contribution in [2.24, 2.45) is 0 Å². The van der Waals surface area contributed by atoms with Crippen LogP contribution in [0.4, 0.5) is 8.78 Å². The summed E-state index contributed by atoms with van der Waals surface area (Å²) in [4.78, 5) is 0. The lowest BCUT2D eigenvalue weighted by molar-refractivity contribution is 0.553. The van der Waals surface area contributed by atoms with E-state index in [0.29, 0.717) is 9.50 Å². The highest BCUT2D eigenvalue weighted by atomic mass is 79.9. The molecule has 0 aliphatic carbocycles. The second kappa shape index (κ2) is 6.21. The summed E-state index contributed by atoms with van der Waals surface area (Å²) in [6, 6.07) is 8.95. The predicted molar refractivity (Wildman–Crippen MR) is 77.8 cm³/mol. The third-order valence-electron chi connectivity index (χ3n) is 2.75. The van der Waals surface area contributed by atoms with Gasteiger partial charge in [-0.2, -0.15) is 0 Å². The van der Waals surface area contributed by atoms with Gasteiger partial charge in [0.15, 0.2) is 0 Å². The molecule has 0 nitrogen and oxygen atoms in total. The van der Waals surface area contributed by atoms with E-state index in [-0.39, 0.29) is 12.0 Å². The van der Waals surface area contributed by atoms with Crippen LogP contribution in [0.1, 0.15) is 16.5 Å². The average molecular weight is 366 g/mol. The monoisotopic (exact) mass is 364 g/mol. The lowest BCUT2D eigenvalue weighted by atomic mass is 10.0. The Morgan fingerprint density at radius 3 is 2.32 bits per heavy atom. The topological polar surface area (TPSA) is 0 Å². The van der Waals surface area contributed by atoms with E-state index in [4.69, 9.17) is 23.2 Å². The van der Waals surface area contributed by atoms with Crippen LogP contribution in [0.5, 0.6) is 0 Å². The van der Waals surface area contributed by atoms with Gasteiger partial charge in [-0.3, -0.25) is 0 Å². The fourth-order valence-electron chi connectivity index (χ4n) is 1.73. The lowest BCUT2D eigenvalue weighted by Crippen LogP contribution is -2.01. The highest BCUT2D eigenvalue weighted by Gasteiger charge is 2.16. The molecule has 2 rings (SSSR count). The number of halogens is 5. The van der Waals surface area contributed by atoms with E-state index < -0.39 is 17.0 Å². The van der Waals surface area contributed by atoms with Crippen molar-refractivity contribution in [3.63, 3.8) is 0 Å². The third kappa shape index (κ3) is 3.47. The summed E-state index contributed by atoms with van der Waals surface area (Å²) in [5.74, 6) is -1.17. The van der Waals surface area contributed by atoms with E-state index in [9.17, 15) is 8.78 Å². The van der Waals surface area contributed by atoms with Gasteiger partial charge in [0.25, 0.3) is 0 Å². The van der Waals surface area contributed by atoms with Gasteiger partial charge in [-0.05, 0) is 52.2 Å². The van der Waals surface area contributed by atoms with E-state index in [2.05, 4.69) is 15.9 Å². The molecular formula is C14H9BrCl2F2. The summed E-state index contributed by atoms with van der Waals surface area (Å²) in [5.41, 5.74) is 0.745. The van der Waals surface area contributed by atoms with Crippen molar-refractivity contribution >= 4 is 39.1 Å². The molecule has 100 valence electrons. The zero-order valence-electron chi connectivity index (χ0n) is 9.64. The van der Waals surface area contributed by atoms with Crippen molar-refractivity contribution < 1.29 is 8.78 Å². The van der Waals surface area contributed by atoms with Crippen LogP contribution in [0, 0.1) is 11.6 Å². The summed E-state index contributed by atoms with van der Waals surface area (Å²) in [5, 5.41) is 0.0321. The number of rotatable bonds is 3. The van der Waals surface area contributed by atoms with Crippen molar-refractivity contribution in [2.75, 3.05) is 0 Å². The van der Waals surface area contributed by atoms with Gasteiger partial charge >= 0.3 is 0 Å². The minimum absolute atomic E-state index is 0.00595. The van der Waals surface area contributed by atoms with Gasteiger partial charge in [0.05, 0.1) is 10.4 Å². The molecular weight excluding hydrogens is 357 g/mol. The van der Waals surface area contributed by atoms with Gasteiger partial charge in [0.2, 0.25) is 0 Å². The molecule has 0 aromatic heterocycles. The van der Waals surface area contributed by atoms with Gasteiger partial charge in [-0.25, -0.2) is 8.78 Å². The first-order chi connectivity index (χ1) is 8.99. The molecule has 0 bridgehead atoms. The molecule has 19 heavy (non-hydrogen) atoms. The normalized spacial score (nSPS) is 12.5. The predicted octanol–water partition coefficient (Wildman–Crippen LogP) is 5.90. The Bertz CT molecular complexity index is 582. The van der Waals surface area contributed by atoms with Gasteiger partial charge in [-0.15, -0.1) is 11.6 Å². The maximum absolute atomic E-state index is 13.5. The zero-order chi connectivity index (χ0) is 14.0. The molecule has 0 saturated carbocycles. The quantitative estimate of drug-likeness (QED) is 0.593. The maximum Gasteiger partial charge on any atom is 0.129 e. The average Bonchev–Trinajstić information content (AvgIpc) is 2.37. The first kappa shape index (κ1) is 14.8. The fraction of sp³-hybridized carbons (Fsp3) is 0.143. The summed E-state index contributed by atoms with van der Waals surface area (Å²) >= 11 is 15.4. The standard InChI is InChI=1S/C14H9BrCl2F2/c15-10-6-8(4-5-11(10)16)12(17)7-9-13(18)2-1-3-14(9)19/h1-6,12H,7H2. The molecule has 1 unspecified atom stereocenters. The largest absolute Gasteiger partial charge is 0.207 e. The molecule has 5 heteroatoms. The summed E-state index contributed by atoms with van der Waals surface area (Å²) in [6.45, 7) is 0. The van der Waals surface area contributed by atoms with Crippen molar-refractivity contribution in [3.05, 3.63) is 68.7 Å². The third-order valence-corrected chi connectivity index (χ3v) is 4.37. The summed E-state index contributed by atoms with van der Waals surface area (Å²) in [6.07, 6.45) is 0.0775. The van der Waals surface area contributed by atoms with Gasteiger partial charge in [0, 0.05) is 10.0 Å². The van der Waals surface area contributed by atoms with Crippen LogP contribution in [-0.2, 0) is 6.42 Å². The van der Waals surface area contributed by atoms with E-state index >= 15 is 0 Å². The van der Waals surface area contributed by atoms with Crippen LogP contribution in [0.2, 0.25) is 5.02 Å². The van der Waals surface area contributed by atoms with Crippen molar-refractivity contribution in [2.45, 2.75) is 11.8 Å². The Labute approximate surface area is 128 Å². The SMILES string of the molecule is Fc1cccc(F)c1CC(Cl)c1ccc(Cl)c(Br)c1. The van der Waals surface area contributed by atoms with Crippen LogP contribution in [-0.4, -0.2) is 0 Å². The lowest BCUT2D eigenvalue weighted by Gasteiger charge is -2.12. The molecule has 1 atom stereocenters. The molecule has 0 N–H and O–H groups in total. The molecule has 0 aliphatic heterocycles. The Kier molecular flexibility index (Phi) is 4.82. The minimum atomic E-state index is -0.585. The molecule has 2 aromatic rings. The molecule has 0 radical (unpaired) electrons. The van der Waals surface area contributed by atoms with Crippen LogP contribution in [0.25, 0.3) is 0 Å². The molecule has 0 aliphatic rings. The van der Waals surface area contributed by atoms with Crippen LogP contribution in [0.15, 0.2) is 40.9 Å². The summed E-state index contributed by atoms with van der Waals surface area (Å²) in [7, 11) is 0. The Balaban J connectivity index is 2.25. The van der Waals surface area contributed by atoms with Crippen molar-refractivity contribution in [3.8, 4) is 0 Å². The number of benzene rings is 2. The van der Waals surface area contributed by atoms with Crippen molar-refractivity contribution in [1.29, 1.82) is 0 Å². The molecule has 0 fully saturated rings. The van der Waals surface area contributed by atoms with Crippen LogP contribution < -0.4 is 0 Å². The summed E-state index contributed by atoms with van der Waals surface area (Å²) < 4.78 is 27.8. The highest BCUT2D eigenvalue weighted by molar-refractivity contribution is 9.10. The highest BCUT2D eigenvalue weighted by Crippen LogP contribution is 2.31. The first-order valence-electron chi connectivity index (χ1n) is 5.51. The zero-order valence-corrected chi connectivity index (χ0v) is 12.7. The van der Waals surface area contributed by atoms with Gasteiger partial charge in [0.1, 0.15) is 11.6 Å². The molecule has 0 heterocycles. The van der Waals surface area contributed by atoms with E-state index in [0.717, 1.165) is 5.56 Å². The van der Waals surface area contributed by atoms with E-state index in [1.807, 2.05) is 0 Å². The van der Waals surface area contributed by atoms with Gasteiger partial charge < -0.3 is 0 Å². The Morgan fingerprint density at radius 2 is 1.74 bits per heavy atom. The Morgan fingerprint density at radius 1 is 1.11 bits per heavy atom. The second-order valence-corrected chi connectivity index (χ2v) is 5.83. The van der Waals surface area contributed by atoms with Crippen LogP contribution in [0.3, 0.4) is 0 Å². The molecule has 2 aromatic carbocycles. The van der Waals surface area contributed by atoms with Crippen LogP contribution >= 0.6 is 39.1 Å². The first-order valence-corrected chi connectivity index (χ1v) is 7.11. The number of hydrogen-bond acceptors (Lipinski definition) is 0. The molecule has 0 amide bonds. The fourth-order valence-corrected chi connectivity index (χ4v) is 2.54. The smallest absolute Gasteiger partial charge is 0.129 e.